The third-order valence-electron chi connectivity index (χ3n) is 1.96. The molecule has 0 saturated heterocycles. The molecule has 1 aromatic heterocycles. The molecule has 0 fully saturated rings. The Labute approximate surface area is 107 Å². The van der Waals surface area contributed by atoms with Crippen LogP contribution in [0.1, 0.15) is 5.56 Å². The molecule has 2 aromatic rings. The van der Waals surface area contributed by atoms with E-state index >= 15 is 0 Å². The molecule has 0 unspecified atom stereocenters. The first-order valence-electron chi connectivity index (χ1n) is 4.30. The molecule has 0 bridgehead atoms. The van der Waals surface area contributed by atoms with E-state index in [-0.39, 0.29) is 16.3 Å². The zero-order valence-electron chi connectivity index (χ0n) is 8.01. The van der Waals surface area contributed by atoms with Gasteiger partial charge in [-0.15, -0.1) is 5.10 Å². The van der Waals surface area contributed by atoms with Crippen LogP contribution in [0.5, 0.6) is 0 Å². The second kappa shape index (κ2) is 4.26. The SMILES string of the molecule is FC(F)(F)c1cc(Br)ccc1-c1n[nH]c(=S)o1. The van der Waals surface area contributed by atoms with Crippen LogP contribution in [0.25, 0.3) is 11.5 Å². The van der Waals surface area contributed by atoms with Gasteiger partial charge in [0.15, 0.2) is 0 Å². The number of benzene rings is 1. The van der Waals surface area contributed by atoms with E-state index in [9.17, 15) is 13.2 Å². The molecular weight excluding hydrogens is 321 g/mol. The van der Waals surface area contributed by atoms with Crippen molar-refractivity contribution in [3.05, 3.63) is 33.1 Å². The van der Waals surface area contributed by atoms with Crippen LogP contribution in [0.2, 0.25) is 0 Å². The number of halogens is 4. The summed E-state index contributed by atoms with van der Waals surface area (Å²) in [5, 5.41) is 5.86. The zero-order chi connectivity index (χ0) is 12.6. The van der Waals surface area contributed by atoms with Crippen LogP contribution in [-0.2, 0) is 6.18 Å². The first kappa shape index (κ1) is 12.3. The van der Waals surface area contributed by atoms with Gasteiger partial charge in [0.25, 0.3) is 4.84 Å². The number of aromatic nitrogens is 2. The normalized spacial score (nSPS) is 11.8. The molecule has 2 rings (SSSR count). The van der Waals surface area contributed by atoms with Gasteiger partial charge in [0, 0.05) is 4.47 Å². The maximum Gasteiger partial charge on any atom is 0.417 e. The van der Waals surface area contributed by atoms with E-state index in [1.54, 1.807) is 0 Å². The first-order chi connectivity index (χ1) is 7.88. The van der Waals surface area contributed by atoms with Crippen molar-refractivity contribution in [2.75, 3.05) is 0 Å². The fourth-order valence-electron chi connectivity index (χ4n) is 1.28. The monoisotopic (exact) mass is 324 g/mol. The summed E-state index contributed by atoms with van der Waals surface area (Å²) in [4.78, 5) is -0.0731. The maximum atomic E-state index is 12.8. The predicted molar refractivity (Wildman–Crippen MR) is 59.8 cm³/mol. The summed E-state index contributed by atoms with van der Waals surface area (Å²) in [5.74, 6) is -0.185. The highest BCUT2D eigenvalue weighted by atomic mass is 79.9. The Hall–Kier alpha value is -1.15. The van der Waals surface area contributed by atoms with Crippen LogP contribution < -0.4 is 0 Å². The van der Waals surface area contributed by atoms with Gasteiger partial charge in [0.05, 0.1) is 11.1 Å². The van der Waals surface area contributed by atoms with Crippen molar-refractivity contribution in [1.82, 2.24) is 10.2 Å². The third-order valence-corrected chi connectivity index (χ3v) is 2.62. The Morgan fingerprint density at radius 1 is 1.35 bits per heavy atom. The minimum Gasteiger partial charge on any atom is -0.409 e. The number of nitrogens with zero attached hydrogens (tertiary/aromatic N) is 1. The van der Waals surface area contributed by atoms with Crippen LogP contribution in [-0.4, -0.2) is 10.2 Å². The molecule has 0 saturated carbocycles. The Kier molecular flexibility index (Phi) is 3.09. The predicted octanol–water partition coefficient (Wildman–Crippen LogP) is 4.18. The number of alkyl halides is 3. The molecule has 0 aliphatic heterocycles. The average Bonchev–Trinajstić information content (AvgIpc) is 2.63. The average molecular weight is 325 g/mol. The van der Waals surface area contributed by atoms with Crippen LogP contribution >= 0.6 is 28.1 Å². The van der Waals surface area contributed by atoms with Crippen LogP contribution in [0.3, 0.4) is 0 Å². The highest BCUT2D eigenvalue weighted by molar-refractivity contribution is 9.10. The summed E-state index contributed by atoms with van der Waals surface area (Å²) in [6.07, 6.45) is -4.49. The highest BCUT2D eigenvalue weighted by Crippen LogP contribution is 2.37. The number of nitrogens with one attached hydrogen (secondary N) is 1. The topological polar surface area (TPSA) is 41.8 Å². The van der Waals surface area contributed by atoms with E-state index in [1.165, 1.54) is 12.1 Å². The summed E-state index contributed by atoms with van der Waals surface area (Å²) in [6.45, 7) is 0. The molecule has 3 nitrogen and oxygen atoms in total. The number of hydrogen-bond acceptors (Lipinski definition) is 3. The fourth-order valence-corrected chi connectivity index (χ4v) is 1.77. The summed E-state index contributed by atoms with van der Waals surface area (Å²) < 4.78 is 43.6. The maximum absolute atomic E-state index is 12.8. The van der Waals surface area contributed by atoms with Crippen molar-refractivity contribution >= 4 is 28.1 Å². The standard InChI is InChI=1S/C9H4BrF3N2OS/c10-4-1-2-5(6(3-4)9(11,12)13)7-14-15-8(17)16-7/h1-3H,(H,15,17). The number of rotatable bonds is 1. The van der Waals surface area contributed by atoms with Gasteiger partial charge in [-0.3, -0.25) is 0 Å². The molecule has 1 N–H and O–H groups in total. The van der Waals surface area contributed by atoms with E-state index in [0.717, 1.165) is 6.07 Å². The van der Waals surface area contributed by atoms with Gasteiger partial charge < -0.3 is 4.42 Å². The first-order valence-corrected chi connectivity index (χ1v) is 5.50. The molecule has 8 heteroatoms. The van der Waals surface area contributed by atoms with E-state index in [1.807, 2.05) is 0 Å². The van der Waals surface area contributed by atoms with Crippen LogP contribution in [0.4, 0.5) is 13.2 Å². The molecule has 0 atom stereocenters. The second-order valence-electron chi connectivity index (χ2n) is 3.11. The number of aromatic amines is 1. The molecule has 0 amide bonds. The van der Waals surface area contributed by atoms with Gasteiger partial charge in [-0.1, -0.05) is 15.9 Å². The zero-order valence-corrected chi connectivity index (χ0v) is 10.4. The smallest absolute Gasteiger partial charge is 0.409 e. The second-order valence-corrected chi connectivity index (χ2v) is 4.39. The lowest BCUT2D eigenvalue weighted by Gasteiger charge is -2.10. The summed E-state index contributed by atoms with van der Waals surface area (Å²) in [7, 11) is 0. The quantitative estimate of drug-likeness (QED) is 0.800. The lowest BCUT2D eigenvalue weighted by molar-refractivity contribution is -0.137. The molecule has 0 radical (unpaired) electrons. The van der Waals surface area contributed by atoms with E-state index in [2.05, 4.69) is 38.3 Å². The number of H-pyrrole nitrogens is 1. The summed E-state index contributed by atoms with van der Waals surface area (Å²) in [5.41, 5.74) is -0.995. The molecule has 90 valence electrons. The van der Waals surface area contributed by atoms with Gasteiger partial charge >= 0.3 is 6.18 Å². The van der Waals surface area contributed by atoms with E-state index < -0.39 is 11.7 Å². The third kappa shape index (κ3) is 2.58. The molecule has 1 aromatic carbocycles. The molecule has 0 aliphatic carbocycles. The molecular formula is C9H4BrF3N2OS. The summed E-state index contributed by atoms with van der Waals surface area (Å²) >= 11 is 7.61. The van der Waals surface area contributed by atoms with E-state index in [0.29, 0.717) is 4.47 Å². The fraction of sp³-hybridized carbons (Fsp3) is 0.111. The van der Waals surface area contributed by atoms with Gasteiger partial charge in [-0.2, -0.15) is 13.2 Å². The number of hydrogen-bond donors (Lipinski definition) is 1. The lowest BCUT2D eigenvalue weighted by Crippen LogP contribution is -2.07. The Balaban J connectivity index is 2.65. The van der Waals surface area contributed by atoms with Gasteiger partial charge in [0.2, 0.25) is 5.89 Å². The minimum absolute atomic E-state index is 0.0731. The summed E-state index contributed by atoms with van der Waals surface area (Å²) in [6, 6.07) is 3.70. The van der Waals surface area contributed by atoms with E-state index in [4.69, 9.17) is 4.42 Å². The Morgan fingerprint density at radius 2 is 2.06 bits per heavy atom. The van der Waals surface area contributed by atoms with Crippen molar-refractivity contribution in [3.63, 3.8) is 0 Å². The minimum atomic E-state index is -4.49. The highest BCUT2D eigenvalue weighted by Gasteiger charge is 2.35. The molecule has 0 aliphatic rings. The molecule has 0 spiro atoms. The van der Waals surface area contributed by atoms with Crippen molar-refractivity contribution in [2.45, 2.75) is 6.18 Å². The molecule has 1 heterocycles. The lowest BCUT2D eigenvalue weighted by atomic mass is 10.1. The van der Waals surface area contributed by atoms with Gasteiger partial charge in [-0.05, 0) is 30.4 Å². The van der Waals surface area contributed by atoms with Crippen molar-refractivity contribution in [1.29, 1.82) is 0 Å². The Morgan fingerprint density at radius 3 is 2.59 bits per heavy atom. The van der Waals surface area contributed by atoms with Crippen molar-refractivity contribution in [2.24, 2.45) is 0 Å². The Bertz CT molecular complexity index is 605. The van der Waals surface area contributed by atoms with Crippen LogP contribution in [0, 0.1) is 4.84 Å². The van der Waals surface area contributed by atoms with Gasteiger partial charge in [-0.25, -0.2) is 5.10 Å². The van der Waals surface area contributed by atoms with Crippen molar-refractivity contribution < 1.29 is 17.6 Å². The largest absolute Gasteiger partial charge is 0.417 e. The van der Waals surface area contributed by atoms with Crippen LogP contribution in [0.15, 0.2) is 27.1 Å². The van der Waals surface area contributed by atoms with Crippen molar-refractivity contribution in [3.8, 4) is 11.5 Å². The molecule has 17 heavy (non-hydrogen) atoms. The van der Waals surface area contributed by atoms with Gasteiger partial charge in [0.1, 0.15) is 0 Å².